The molecular weight excluding hydrogens is 306 g/mol. The molecule has 1 N–H and O–H groups in total. The summed E-state index contributed by atoms with van der Waals surface area (Å²) < 4.78 is 0. The zero-order valence-electron chi connectivity index (χ0n) is 13.7. The minimum absolute atomic E-state index is 0.146. The number of hydrogen-bond acceptors (Lipinski definition) is 6. The lowest BCUT2D eigenvalue weighted by Crippen LogP contribution is -2.41. The number of hydrogen-bond donors (Lipinski definition) is 1. The molecule has 1 saturated heterocycles. The Balaban J connectivity index is 1.61. The predicted molar refractivity (Wildman–Crippen MR) is 91.8 cm³/mol. The highest BCUT2D eigenvalue weighted by atomic mass is 16.6. The van der Waals surface area contributed by atoms with Gasteiger partial charge in [0.25, 0.3) is 5.69 Å². The molecule has 2 aromatic rings. The van der Waals surface area contributed by atoms with Gasteiger partial charge in [-0.25, -0.2) is 9.97 Å². The van der Waals surface area contributed by atoms with Crippen LogP contribution >= 0.6 is 0 Å². The van der Waals surface area contributed by atoms with Crippen LogP contribution in [-0.4, -0.2) is 38.9 Å². The maximum absolute atomic E-state index is 10.9. The Hall–Kier alpha value is -2.54. The molecule has 1 unspecified atom stereocenters. The average Bonchev–Trinajstić information content (AvgIpc) is 2.55. The van der Waals surface area contributed by atoms with Gasteiger partial charge in [-0.15, -0.1) is 0 Å². The third kappa shape index (κ3) is 4.26. The lowest BCUT2D eigenvalue weighted by atomic mass is 10.0. The molecule has 0 aliphatic carbocycles. The molecule has 126 valence electrons. The summed E-state index contributed by atoms with van der Waals surface area (Å²) in [6.07, 6.45) is 3.91. The van der Waals surface area contributed by atoms with Crippen molar-refractivity contribution in [2.24, 2.45) is 0 Å². The molecule has 1 atom stereocenters. The third-order valence-electron chi connectivity index (χ3n) is 4.16. The van der Waals surface area contributed by atoms with E-state index >= 15 is 0 Å². The van der Waals surface area contributed by atoms with Gasteiger partial charge in [-0.3, -0.25) is 15.0 Å². The van der Waals surface area contributed by atoms with E-state index < -0.39 is 0 Å². The van der Waals surface area contributed by atoms with Gasteiger partial charge < -0.3 is 5.32 Å². The van der Waals surface area contributed by atoms with Crippen LogP contribution in [0.1, 0.15) is 24.1 Å². The smallest absolute Gasteiger partial charge is 0.269 e. The lowest BCUT2D eigenvalue weighted by molar-refractivity contribution is -0.384. The lowest BCUT2D eigenvalue weighted by Gasteiger charge is -2.33. The van der Waals surface area contributed by atoms with Crippen LogP contribution in [0.15, 0.2) is 36.5 Å². The van der Waals surface area contributed by atoms with Gasteiger partial charge in [-0.1, -0.05) is 12.1 Å². The summed E-state index contributed by atoms with van der Waals surface area (Å²) in [4.78, 5) is 21.5. The van der Waals surface area contributed by atoms with Gasteiger partial charge in [0.1, 0.15) is 0 Å². The Bertz CT molecular complexity index is 722. The van der Waals surface area contributed by atoms with E-state index in [1.54, 1.807) is 18.3 Å². The highest BCUT2D eigenvalue weighted by Gasteiger charge is 2.21. The van der Waals surface area contributed by atoms with Crippen molar-refractivity contribution in [1.29, 1.82) is 0 Å². The van der Waals surface area contributed by atoms with Crippen molar-refractivity contribution in [3.63, 3.8) is 0 Å². The molecule has 2 heterocycles. The summed E-state index contributed by atoms with van der Waals surface area (Å²) >= 11 is 0. The topological polar surface area (TPSA) is 84.2 Å². The van der Waals surface area contributed by atoms with Crippen LogP contribution in [0.4, 0.5) is 11.6 Å². The van der Waals surface area contributed by atoms with Crippen molar-refractivity contribution in [2.75, 3.05) is 18.4 Å². The van der Waals surface area contributed by atoms with Gasteiger partial charge in [0.2, 0.25) is 5.95 Å². The number of piperidine rings is 1. The molecule has 3 rings (SSSR count). The van der Waals surface area contributed by atoms with Crippen LogP contribution in [0, 0.1) is 17.0 Å². The fourth-order valence-corrected chi connectivity index (χ4v) is 3.04. The maximum atomic E-state index is 10.9. The minimum atomic E-state index is -0.348. The Kier molecular flexibility index (Phi) is 5.00. The molecule has 0 spiro atoms. The number of nitro groups is 1. The Morgan fingerprint density at radius 3 is 3.08 bits per heavy atom. The zero-order valence-corrected chi connectivity index (χ0v) is 13.7. The van der Waals surface area contributed by atoms with Crippen LogP contribution in [0.2, 0.25) is 0 Å². The molecule has 1 fully saturated rings. The highest BCUT2D eigenvalue weighted by Crippen LogP contribution is 2.19. The van der Waals surface area contributed by atoms with Gasteiger partial charge in [0, 0.05) is 43.2 Å². The normalized spacial score (nSPS) is 18.3. The first-order chi connectivity index (χ1) is 11.6. The van der Waals surface area contributed by atoms with Crippen LogP contribution in [0.3, 0.4) is 0 Å². The number of nitrogens with zero attached hydrogens (tertiary/aromatic N) is 4. The number of anilines is 1. The molecule has 0 radical (unpaired) electrons. The number of nitro benzene ring substituents is 1. The molecule has 1 aromatic heterocycles. The van der Waals surface area contributed by atoms with Crippen molar-refractivity contribution in [1.82, 2.24) is 14.9 Å². The number of non-ortho nitro benzene ring substituents is 1. The number of benzene rings is 1. The van der Waals surface area contributed by atoms with E-state index in [-0.39, 0.29) is 10.6 Å². The SMILES string of the molecule is Cc1ccnc(NC2CCCN(Cc3cccc([N+](=O)[O-])c3)C2)n1. The predicted octanol–water partition coefficient (Wildman–Crippen LogP) is 2.77. The van der Waals surface area contributed by atoms with Crippen molar-refractivity contribution < 1.29 is 4.92 Å². The zero-order chi connectivity index (χ0) is 16.9. The van der Waals surface area contributed by atoms with E-state index in [1.807, 2.05) is 19.1 Å². The first kappa shape index (κ1) is 16.3. The molecule has 24 heavy (non-hydrogen) atoms. The van der Waals surface area contributed by atoms with E-state index in [1.165, 1.54) is 6.07 Å². The van der Waals surface area contributed by atoms with Gasteiger partial charge in [-0.05, 0) is 37.9 Å². The van der Waals surface area contributed by atoms with E-state index in [0.29, 0.717) is 18.5 Å². The van der Waals surface area contributed by atoms with Gasteiger partial charge >= 0.3 is 0 Å². The van der Waals surface area contributed by atoms with E-state index in [4.69, 9.17) is 0 Å². The molecule has 7 nitrogen and oxygen atoms in total. The third-order valence-corrected chi connectivity index (χ3v) is 4.16. The number of nitrogens with one attached hydrogen (secondary N) is 1. The molecule has 7 heteroatoms. The van der Waals surface area contributed by atoms with E-state index in [2.05, 4.69) is 20.2 Å². The molecular formula is C17H21N5O2. The summed E-state index contributed by atoms with van der Waals surface area (Å²) in [7, 11) is 0. The second-order valence-corrected chi connectivity index (χ2v) is 6.17. The second kappa shape index (κ2) is 7.35. The molecule has 0 saturated carbocycles. The first-order valence-electron chi connectivity index (χ1n) is 8.12. The van der Waals surface area contributed by atoms with Crippen LogP contribution < -0.4 is 5.32 Å². The van der Waals surface area contributed by atoms with Crippen LogP contribution in [0.5, 0.6) is 0 Å². The summed E-state index contributed by atoms with van der Waals surface area (Å²) in [5.41, 5.74) is 2.06. The second-order valence-electron chi connectivity index (χ2n) is 6.17. The molecule has 1 aliphatic heterocycles. The van der Waals surface area contributed by atoms with Crippen LogP contribution in [-0.2, 0) is 6.54 Å². The number of rotatable bonds is 5. The van der Waals surface area contributed by atoms with Crippen LogP contribution in [0.25, 0.3) is 0 Å². The van der Waals surface area contributed by atoms with Gasteiger partial charge in [0.15, 0.2) is 0 Å². The van der Waals surface area contributed by atoms with E-state index in [0.717, 1.165) is 37.2 Å². The summed E-state index contributed by atoms with van der Waals surface area (Å²) in [5, 5.41) is 14.3. The molecule has 0 amide bonds. The summed E-state index contributed by atoms with van der Waals surface area (Å²) in [6, 6.07) is 9.03. The Morgan fingerprint density at radius 2 is 2.29 bits per heavy atom. The van der Waals surface area contributed by atoms with Gasteiger partial charge in [0.05, 0.1) is 4.92 Å². The Labute approximate surface area is 140 Å². The van der Waals surface area contributed by atoms with E-state index in [9.17, 15) is 10.1 Å². The number of likely N-dealkylation sites (tertiary alicyclic amines) is 1. The molecule has 0 bridgehead atoms. The van der Waals surface area contributed by atoms with Crippen molar-refractivity contribution >= 4 is 11.6 Å². The highest BCUT2D eigenvalue weighted by molar-refractivity contribution is 5.34. The fourth-order valence-electron chi connectivity index (χ4n) is 3.04. The number of aromatic nitrogens is 2. The van der Waals surface area contributed by atoms with Crippen molar-refractivity contribution in [2.45, 2.75) is 32.4 Å². The number of aryl methyl sites for hydroxylation is 1. The summed E-state index contributed by atoms with van der Waals surface area (Å²) in [6.45, 7) is 4.53. The quantitative estimate of drug-likeness (QED) is 0.671. The fraction of sp³-hybridized carbons (Fsp3) is 0.412. The van der Waals surface area contributed by atoms with Crippen molar-refractivity contribution in [3.8, 4) is 0 Å². The average molecular weight is 327 g/mol. The van der Waals surface area contributed by atoms with Gasteiger partial charge in [-0.2, -0.15) is 0 Å². The molecule has 1 aromatic carbocycles. The largest absolute Gasteiger partial charge is 0.350 e. The molecule has 1 aliphatic rings. The Morgan fingerprint density at radius 1 is 1.42 bits per heavy atom. The standard InChI is InChI=1S/C17H21N5O2/c1-13-7-8-18-17(19-13)20-15-5-3-9-21(12-15)11-14-4-2-6-16(10-14)22(23)24/h2,4,6-8,10,15H,3,5,9,11-12H2,1H3,(H,18,19,20). The first-order valence-corrected chi connectivity index (χ1v) is 8.12. The van der Waals surface area contributed by atoms with Crippen molar-refractivity contribution in [3.05, 3.63) is 57.9 Å². The summed E-state index contributed by atoms with van der Waals surface area (Å²) in [5.74, 6) is 0.664. The minimum Gasteiger partial charge on any atom is -0.350 e. The maximum Gasteiger partial charge on any atom is 0.269 e. The monoisotopic (exact) mass is 327 g/mol.